The van der Waals surface area contributed by atoms with Crippen LogP contribution in [0.4, 0.5) is 0 Å². The second-order valence-electron chi connectivity index (χ2n) is 7.12. The van der Waals surface area contributed by atoms with Crippen LogP contribution in [0.3, 0.4) is 0 Å². The van der Waals surface area contributed by atoms with Crippen molar-refractivity contribution < 1.29 is 27.5 Å². The zero-order chi connectivity index (χ0) is 22.1. The average Bonchev–Trinajstić information content (AvgIpc) is 3.42. The Hall–Kier alpha value is -2.38. The second kappa shape index (κ2) is 8.40. The average molecular weight is 451 g/mol. The van der Waals surface area contributed by atoms with Crippen molar-refractivity contribution in [2.75, 3.05) is 13.2 Å². The Morgan fingerprint density at radius 3 is 1.90 bits per heavy atom. The van der Waals surface area contributed by atoms with Crippen molar-refractivity contribution in [1.29, 1.82) is 0 Å². The predicted octanol–water partition coefficient (Wildman–Crippen LogP) is 3.70. The molecule has 6 nitrogen and oxygen atoms in total. The zero-order valence-electron chi connectivity index (χ0n) is 16.9. The first-order valence-electron chi connectivity index (χ1n) is 9.61. The van der Waals surface area contributed by atoms with Crippen molar-refractivity contribution >= 4 is 33.4 Å². The fraction of sp³-hybridized carbons (Fsp3) is 0.364. The minimum Gasteiger partial charge on any atom is -0.465 e. The first-order valence-corrected chi connectivity index (χ1v) is 11.5. The lowest BCUT2D eigenvalue weighted by Gasteiger charge is -2.15. The fourth-order valence-electron chi connectivity index (χ4n) is 3.83. The van der Waals surface area contributed by atoms with E-state index < -0.39 is 38.4 Å². The summed E-state index contributed by atoms with van der Waals surface area (Å²) in [5, 5.41) is -0.887. The molecule has 0 heterocycles. The molecule has 0 aliphatic heterocycles. The maximum Gasteiger partial charge on any atom is 0.325 e. The third-order valence-electron chi connectivity index (χ3n) is 5.27. The first kappa shape index (κ1) is 22.3. The third kappa shape index (κ3) is 3.61. The number of hydrogen-bond donors (Lipinski definition) is 0. The molecule has 2 aromatic rings. The van der Waals surface area contributed by atoms with Gasteiger partial charge in [0.05, 0.1) is 18.1 Å². The molecule has 1 fully saturated rings. The molecule has 0 N–H and O–H groups in total. The van der Waals surface area contributed by atoms with Crippen LogP contribution in [0.25, 0.3) is 0 Å². The van der Waals surface area contributed by atoms with E-state index in [2.05, 4.69) is 0 Å². The Kier molecular flexibility index (Phi) is 6.24. The Labute approximate surface area is 181 Å². The van der Waals surface area contributed by atoms with E-state index in [9.17, 15) is 18.0 Å². The topological polar surface area (TPSA) is 86.7 Å². The Morgan fingerprint density at radius 2 is 1.43 bits per heavy atom. The zero-order valence-corrected chi connectivity index (χ0v) is 18.5. The number of sulfone groups is 1. The molecule has 30 heavy (non-hydrogen) atoms. The maximum absolute atomic E-state index is 13.5. The van der Waals surface area contributed by atoms with Gasteiger partial charge < -0.3 is 9.47 Å². The normalized spacial score (nSPS) is 19.7. The quantitative estimate of drug-likeness (QED) is 0.472. The SMILES string of the molecule is CCOC(=O)C1(C(=O)OCC)[C@H](S(=O)(=O)c2ccc(C)cc2)[C@@H]1c1ccc(Cl)cc1. The summed E-state index contributed by atoms with van der Waals surface area (Å²) in [6.07, 6.45) is 0. The van der Waals surface area contributed by atoms with Crippen molar-refractivity contribution in [2.45, 2.75) is 36.8 Å². The van der Waals surface area contributed by atoms with Gasteiger partial charge in [-0.05, 0) is 50.6 Å². The van der Waals surface area contributed by atoms with Crippen LogP contribution >= 0.6 is 11.6 Å². The van der Waals surface area contributed by atoms with Crippen molar-refractivity contribution in [3.63, 3.8) is 0 Å². The molecule has 0 radical (unpaired) electrons. The van der Waals surface area contributed by atoms with Gasteiger partial charge in [0.25, 0.3) is 0 Å². The van der Waals surface area contributed by atoms with Crippen LogP contribution < -0.4 is 0 Å². The van der Waals surface area contributed by atoms with Crippen LogP contribution in [-0.2, 0) is 28.9 Å². The Balaban J connectivity index is 2.19. The lowest BCUT2D eigenvalue weighted by Crippen LogP contribution is -2.35. The Bertz CT molecular complexity index is 1030. The van der Waals surface area contributed by atoms with Gasteiger partial charge in [-0.15, -0.1) is 0 Å². The molecule has 160 valence electrons. The smallest absolute Gasteiger partial charge is 0.325 e. The van der Waals surface area contributed by atoms with Gasteiger partial charge in [0.2, 0.25) is 0 Å². The van der Waals surface area contributed by atoms with E-state index in [1.54, 1.807) is 50.2 Å². The van der Waals surface area contributed by atoms with Gasteiger partial charge in [0, 0.05) is 10.9 Å². The molecule has 2 atom stereocenters. The van der Waals surface area contributed by atoms with E-state index >= 15 is 0 Å². The van der Waals surface area contributed by atoms with Gasteiger partial charge in [0.15, 0.2) is 15.3 Å². The molecule has 0 saturated heterocycles. The summed E-state index contributed by atoms with van der Waals surface area (Å²) < 4.78 is 37.4. The fourth-order valence-corrected chi connectivity index (χ4v) is 6.25. The van der Waals surface area contributed by atoms with Crippen LogP contribution in [0.5, 0.6) is 0 Å². The molecule has 1 saturated carbocycles. The van der Waals surface area contributed by atoms with Crippen molar-refractivity contribution in [2.24, 2.45) is 5.41 Å². The molecule has 2 aromatic carbocycles. The summed E-state index contributed by atoms with van der Waals surface area (Å²) in [5.41, 5.74) is -0.578. The molecule has 0 amide bonds. The number of aryl methyl sites for hydroxylation is 1. The summed E-state index contributed by atoms with van der Waals surface area (Å²) in [6, 6.07) is 12.7. The van der Waals surface area contributed by atoms with Crippen molar-refractivity contribution in [1.82, 2.24) is 0 Å². The van der Waals surface area contributed by atoms with E-state index in [0.29, 0.717) is 10.6 Å². The number of esters is 2. The number of rotatable bonds is 7. The number of carbonyl (C=O) groups excluding carboxylic acids is 2. The lowest BCUT2D eigenvalue weighted by atomic mass is 9.99. The molecule has 3 rings (SSSR count). The molecule has 1 aliphatic rings. The highest BCUT2D eigenvalue weighted by Crippen LogP contribution is 2.65. The van der Waals surface area contributed by atoms with Gasteiger partial charge in [-0.1, -0.05) is 41.4 Å². The minimum atomic E-state index is -4.06. The molecule has 0 bridgehead atoms. The highest BCUT2D eigenvalue weighted by Gasteiger charge is 2.81. The van der Waals surface area contributed by atoms with Gasteiger partial charge in [0.1, 0.15) is 5.25 Å². The summed E-state index contributed by atoms with van der Waals surface area (Å²) >= 11 is 5.97. The molecule has 0 spiro atoms. The summed E-state index contributed by atoms with van der Waals surface area (Å²) in [5.74, 6) is -2.74. The van der Waals surface area contributed by atoms with Crippen LogP contribution in [0, 0.1) is 12.3 Å². The summed E-state index contributed by atoms with van der Waals surface area (Å²) in [6.45, 7) is 5.04. The molecule has 0 unspecified atom stereocenters. The van der Waals surface area contributed by atoms with E-state index in [0.717, 1.165) is 5.56 Å². The van der Waals surface area contributed by atoms with Crippen LogP contribution in [-0.4, -0.2) is 38.8 Å². The van der Waals surface area contributed by atoms with Gasteiger partial charge >= 0.3 is 11.9 Å². The number of carbonyl (C=O) groups is 2. The monoisotopic (exact) mass is 450 g/mol. The third-order valence-corrected chi connectivity index (χ3v) is 7.77. The van der Waals surface area contributed by atoms with Crippen LogP contribution in [0.1, 0.15) is 30.9 Å². The second-order valence-corrected chi connectivity index (χ2v) is 9.62. The lowest BCUT2D eigenvalue weighted by molar-refractivity contribution is -0.164. The predicted molar refractivity (Wildman–Crippen MR) is 112 cm³/mol. The van der Waals surface area contributed by atoms with E-state index in [-0.39, 0.29) is 18.1 Å². The van der Waals surface area contributed by atoms with Gasteiger partial charge in [-0.2, -0.15) is 0 Å². The van der Waals surface area contributed by atoms with Crippen LogP contribution in [0.2, 0.25) is 5.02 Å². The highest BCUT2D eigenvalue weighted by molar-refractivity contribution is 7.92. The molecule has 8 heteroatoms. The number of ether oxygens (including phenoxy) is 2. The molecular formula is C22H23ClO6S. The largest absolute Gasteiger partial charge is 0.465 e. The highest BCUT2D eigenvalue weighted by atomic mass is 35.5. The molecule has 1 aliphatic carbocycles. The molecular weight excluding hydrogens is 428 g/mol. The minimum absolute atomic E-state index is 0.00459. The van der Waals surface area contributed by atoms with E-state index in [1.165, 1.54) is 12.1 Å². The number of halogens is 1. The number of benzene rings is 2. The van der Waals surface area contributed by atoms with Crippen LogP contribution in [0.15, 0.2) is 53.4 Å². The maximum atomic E-state index is 13.5. The van der Waals surface area contributed by atoms with E-state index in [4.69, 9.17) is 21.1 Å². The van der Waals surface area contributed by atoms with Gasteiger partial charge in [-0.3, -0.25) is 9.59 Å². The Morgan fingerprint density at radius 1 is 0.933 bits per heavy atom. The van der Waals surface area contributed by atoms with Crippen molar-refractivity contribution in [3.05, 3.63) is 64.7 Å². The number of hydrogen-bond acceptors (Lipinski definition) is 6. The van der Waals surface area contributed by atoms with Crippen molar-refractivity contribution in [3.8, 4) is 0 Å². The van der Waals surface area contributed by atoms with E-state index in [1.807, 2.05) is 6.92 Å². The first-order chi connectivity index (χ1) is 14.2. The molecule has 0 aromatic heterocycles. The van der Waals surface area contributed by atoms with Gasteiger partial charge in [-0.25, -0.2) is 8.42 Å². The summed E-state index contributed by atoms with van der Waals surface area (Å²) in [7, 11) is -4.06. The summed E-state index contributed by atoms with van der Waals surface area (Å²) in [4.78, 5) is 26.1. The standard InChI is InChI=1S/C22H23ClO6S/c1-4-28-20(24)22(21(25)29-5-2)18(15-8-10-16(23)11-9-15)19(22)30(26,27)17-12-6-14(3)7-13-17/h6-13,18-19H,4-5H2,1-3H3/t18-,19+/m0/s1.